The maximum absolute atomic E-state index is 5.94. The summed E-state index contributed by atoms with van der Waals surface area (Å²) in [6, 6.07) is 6.56. The van der Waals surface area contributed by atoms with Crippen LogP contribution in [0.1, 0.15) is 43.2 Å². The van der Waals surface area contributed by atoms with Crippen LogP contribution in [0.2, 0.25) is 0 Å². The molecular formula is C17H24O3. The summed E-state index contributed by atoms with van der Waals surface area (Å²) in [4.78, 5) is 0. The van der Waals surface area contributed by atoms with Crippen molar-refractivity contribution < 1.29 is 14.2 Å². The monoisotopic (exact) mass is 276 g/mol. The highest BCUT2D eigenvalue weighted by molar-refractivity contribution is 5.41. The molecule has 3 heteroatoms. The zero-order valence-electron chi connectivity index (χ0n) is 12.6. The van der Waals surface area contributed by atoms with Crippen molar-refractivity contribution in [3.63, 3.8) is 0 Å². The lowest BCUT2D eigenvalue weighted by Gasteiger charge is -2.41. The summed E-state index contributed by atoms with van der Waals surface area (Å²) in [6.07, 6.45) is 4.97. The molecule has 0 saturated heterocycles. The van der Waals surface area contributed by atoms with E-state index in [1.807, 2.05) is 0 Å². The highest BCUT2D eigenvalue weighted by Crippen LogP contribution is 2.56. The van der Waals surface area contributed by atoms with Crippen molar-refractivity contribution in [3.05, 3.63) is 29.3 Å². The molecule has 0 aliphatic heterocycles. The van der Waals surface area contributed by atoms with E-state index in [0.29, 0.717) is 18.8 Å². The molecule has 2 aliphatic rings. The number of methoxy groups -OCH3 is 2. The van der Waals surface area contributed by atoms with Gasteiger partial charge >= 0.3 is 0 Å². The van der Waals surface area contributed by atoms with E-state index in [-0.39, 0.29) is 5.41 Å². The molecule has 0 aromatic heterocycles. The Morgan fingerprint density at radius 1 is 1.25 bits per heavy atom. The second-order valence-corrected chi connectivity index (χ2v) is 6.26. The highest BCUT2D eigenvalue weighted by Gasteiger charge is 2.50. The van der Waals surface area contributed by atoms with Crippen LogP contribution < -0.4 is 4.74 Å². The van der Waals surface area contributed by atoms with Crippen LogP contribution in [0.5, 0.6) is 5.75 Å². The van der Waals surface area contributed by atoms with Gasteiger partial charge in [0.25, 0.3) is 0 Å². The predicted molar refractivity (Wildman–Crippen MR) is 78.1 cm³/mol. The summed E-state index contributed by atoms with van der Waals surface area (Å²) in [6.45, 7) is 2.79. The first-order valence-electron chi connectivity index (χ1n) is 7.46. The van der Waals surface area contributed by atoms with Crippen LogP contribution >= 0.6 is 0 Å². The molecule has 0 N–H and O–H groups in total. The number of hydrogen-bond acceptors (Lipinski definition) is 3. The van der Waals surface area contributed by atoms with Gasteiger partial charge < -0.3 is 14.2 Å². The van der Waals surface area contributed by atoms with E-state index in [2.05, 4.69) is 25.1 Å². The Hall–Kier alpha value is -1.06. The first-order chi connectivity index (χ1) is 9.69. The third-order valence-corrected chi connectivity index (χ3v) is 5.29. The quantitative estimate of drug-likeness (QED) is 0.788. The molecule has 0 bridgehead atoms. The van der Waals surface area contributed by atoms with Gasteiger partial charge in [-0.1, -0.05) is 13.0 Å². The van der Waals surface area contributed by atoms with Crippen molar-refractivity contribution in [2.75, 3.05) is 21.0 Å². The summed E-state index contributed by atoms with van der Waals surface area (Å²) < 4.78 is 16.4. The van der Waals surface area contributed by atoms with Crippen LogP contribution in [0.25, 0.3) is 0 Å². The zero-order valence-corrected chi connectivity index (χ0v) is 12.6. The highest BCUT2D eigenvalue weighted by atomic mass is 16.7. The molecule has 20 heavy (non-hydrogen) atoms. The molecule has 3 atom stereocenters. The van der Waals surface area contributed by atoms with Gasteiger partial charge in [-0.3, -0.25) is 0 Å². The van der Waals surface area contributed by atoms with Gasteiger partial charge in [0.1, 0.15) is 12.5 Å². The zero-order chi connectivity index (χ0) is 14.2. The van der Waals surface area contributed by atoms with E-state index in [1.165, 1.54) is 24.0 Å². The molecule has 110 valence electrons. The van der Waals surface area contributed by atoms with Crippen molar-refractivity contribution in [2.24, 2.45) is 5.41 Å². The molecule has 0 heterocycles. The second-order valence-electron chi connectivity index (χ2n) is 6.26. The van der Waals surface area contributed by atoms with Crippen LogP contribution in [0.15, 0.2) is 18.2 Å². The number of rotatable bonds is 4. The van der Waals surface area contributed by atoms with E-state index >= 15 is 0 Å². The molecule has 3 nitrogen and oxygen atoms in total. The number of ether oxygens (including phenoxy) is 3. The average Bonchev–Trinajstić information content (AvgIpc) is 2.81. The molecular weight excluding hydrogens is 252 g/mol. The van der Waals surface area contributed by atoms with Gasteiger partial charge in [-0.2, -0.15) is 0 Å². The van der Waals surface area contributed by atoms with Gasteiger partial charge in [0.15, 0.2) is 0 Å². The SMILES string of the molecule is COCO[C@H]1CC[C@H]2c3ccc(OC)cc3CC[C@]12C. The average molecular weight is 276 g/mol. The Morgan fingerprint density at radius 3 is 2.85 bits per heavy atom. The van der Waals surface area contributed by atoms with Gasteiger partial charge in [0.2, 0.25) is 0 Å². The summed E-state index contributed by atoms with van der Waals surface area (Å²) in [5.41, 5.74) is 3.21. The topological polar surface area (TPSA) is 27.7 Å². The summed E-state index contributed by atoms with van der Waals surface area (Å²) in [5.74, 6) is 1.58. The standard InChI is InChI=1S/C17H24O3/c1-17-9-8-12-10-13(19-3)4-5-14(12)15(17)6-7-16(17)20-11-18-2/h4-5,10,15-16H,6-9,11H2,1-3H3/t15-,16-,17-/m0/s1. The third kappa shape index (κ3) is 2.13. The lowest BCUT2D eigenvalue weighted by atomic mass is 9.66. The van der Waals surface area contributed by atoms with Crippen LogP contribution in [0.4, 0.5) is 0 Å². The summed E-state index contributed by atoms with van der Waals surface area (Å²) in [7, 11) is 3.43. The predicted octanol–water partition coefficient (Wildman–Crippen LogP) is 3.51. The van der Waals surface area contributed by atoms with Crippen LogP contribution in [-0.2, 0) is 15.9 Å². The Balaban J connectivity index is 1.87. The van der Waals surface area contributed by atoms with Gasteiger partial charge in [-0.15, -0.1) is 0 Å². The number of benzene rings is 1. The molecule has 1 aromatic rings. The lowest BCUT2D eigenvalue weighted by molar-refractivity contribution is -0.109. The number of fused-ring (bicyclic) bond motifs is 3. The molecule has 0 radical (unpaired) electrons. The first kappa shape index (κ1) is 13.9. The Bertz CT molecular complexity index is 485. The van der Waals surface area contributed by atoms with Crippen molar-refractivity contribution in [1.29, 1.82) is 0 Å². The molecule has 0 unspecified atom stereocenters. The van der Waals surface area contributed by atoms with E-state index < -0.39 is 0 Å². The Kier molecular flexibility index (Phi) is 3.74. The van der Waals surface area contributed by atoms with Crippen molar-refractivity contribution in [3.8, 4) is 5.75 Å². The van der Waals surface area contributed by atoms with Crippen LogP contribution in [-0.4, -0.2) is 27.1 Å². The summed E-state index contributed by atoms with van der Waals surface area (Å²) >= 11 is 0. The number of hydrogen-bond donors (Lipinski definition) is 0. The van der Waals surface area contributed by atoms with Gasteiger partial charge in [-0.05, 0) is 54.9 Å². The normalized spacial score (nSPS) is 31.8. The molecule has 3 rings (SSSR count). The molecule has 0 amide bonds. The molecule has 1 aromatic carbocycles. The fourth-order valence-electron chi connectivity index (χ4n) is 4.14. The first-order valence-corrected chi connectivity index (χ1v) is 7.46. The maximum atomic E-state index is 5.94. The molecule has 1 fully saturated rings. The van der Waals surface area contributed by atoms with Crippen LogP contribution in [0, 0.1) is 5.41 Å². The fraction of sp³-hybridized carbons (Fsp3) is 0.647. The maximum Gasteiger partial charge on any atom is 0.146 e. The summed E-state index contributed by atoms with van der Waals surface area (Å²) in [5, 5.41) is 0. The van der Waals surface area contributed by atoms with Gasteiger partial charge in [-0.25, -0.2) is 0 Å². The Morgan fingerprint density at radius 2 is 2.10 bits per heavy atom. The van der Waals surface area contributed by atoms with Crippen molar-refractivity contribution >= 4 is 0 Å². The molecule has 0 spiro atoms. The van der Waals surface area contributed by atoms with E-state index in [0.717, 1.165) is 18.6 Å². The van der Waals surface area contributed by atoms with Crippen LogP contribution in [0.3, 0.4) is 0 Å². The minimum absolute atomic E-state index is 0.250. The van der Waals surface area contributed by atoms with Gasteiger partial charge in [0, 0.05) is 12.5 Å². The van der Waals surface area contributed by atoms with Crippen molar-refractivity contribution in [2.45, 2.75) is 44.6 Å². The second kappa shape index (κ2) is 5.38. The Labute approximate surface area is 121 Å². The molecule has 1 saturated carbocycles. The third-order valence-electron chi connectivity index (χ3n) is 5.29. The van der Waals surface area contributed by atoms with E-state index in [4.69, 9.17) is 14.2 Å². The number of aryl methyl sites for hydroxylation is 1. The lowest BCUT2D eigenvalue weighted by Crippen LogP contribution is -2.37. The van der Waals surface area contributed by atoms with Crippen molar-refractivity contribution in [1.82, 2.24) is 0 Å². The minimum Gasteiger partial charge on any atom is -0.497 e. The molecule has 2 aliphatic carbocycles. The fourth-order valence-corrected chi connectivity index (χ4v) is 4.14. The van der Waals surface area contributed by atoms with E-state index in [9.17, 15) is 0 Å². The minimum atomic E-state index is 0.250. The largest absolute Gasteiger partial charge is 0.497 e. The van der Waals surface area contributed by atoms with E-state index in [1.54, 1.807) is 14.2 Å². The smallest absolute Gasteiger partial charge is 0.146 e. The van der Waals surface area contributed by atoms with Gasteiger partial charge in [0.05, 0.1) is 13.2 Å².